The van der Waals surface area contributed by atoms with E-state index in [1.54, 1.807) is 12.3 Å². The first-order chi connectivity index (χ1) is 4.68. The molecule has 1 heterocycles. The van der Waals surface area contributed by atoms with E-state index in [-0.39, 0.29) is 5.84 Å². The highest BCUT2D eigenvalue weighted by Crippen LogP contribution is 2.13. The quantitative estimate of drug-likeness (QED) is 0.565. The first-order valence-electron chi connectivity index (χ1n) is 2.74. The average Bonchev–Trinajstić information content (AvgIpc) is 2.13. The van der Waals surface area contributed by atoms with Crippen molar-refractivity contribution in [2.75, 3.05) is 0 Å². The lowest BCUT2D eigenvalue weighted by molar-refractivity contribution is 0.525. The van der Waals surface area contributed by atoms with E-state index < -0.39 is 0 Å². The van der Waals surface area contributed by atoms with Gasteiger partial charge in [-0.1, -0.05) is 0 Å². The van der Waals surface area contributed by atoms with Crippen LogP contribution in [-0.2, 0) is 6.42 Å². The molecular formula is C6H7BrN2O. The van der Waals surface area contributed by atoms with Crippen LogP contribution in [0.25, 0.3) is 0 Å². The Morgan fingerprint density at radius 1 is 1.80 bits per heavy atom. The number of amidine groups is 1. The van der Waals surface area contributed by atoms with Gasteiger partial charge >= 0.3 is 0 Å². The van der Waals surface area contributed by atoms with Crippen LogP contribution in [-0.4, -0.2) is 5.84 Å². The van der Waals surface area contributed by atoms with E-state index in [4.69, 9.17) is 15.6 Å². The van der Waals surface area contributed by atoms with Crippen molar-refractivity contribution in [2.24, 2.45) is 5.73 Å². The fourth-order valence-electron chi connectivity index (χ4n) is 0.634. The molecule has 0 aromatic carbocycles. The minimum Gasteiger partial charge on any atom is -0.468 e. The molecule has 0 saturated carbocycles. The van der Waals surface area contributed by atoms with Crippen molar-refractivity contribution in [1.29, 1.82) is 5.41 Å². The Hall–Kier alpha value is -0.770. The maximum absolute atomic E-state index is 6.94. The second-order valence-electron chi connectivity index (χ2n) is 1.93. The van der Waals surface area contributed by atoms with Gasteiger partial charge in [0.1, 0.15) is 12.0 Å². The summed E-state index contributed by atoms with van der Waals surface area (Å²) in [6.07, 6.45) is 1.95. The molecule has 0 amide bonds. The number of halogens is 1. The fraction of sp³-hybridized carbons (Fsp3) is 0.167. The summed E-state index contributed by atoms with van der Waals surface area (Å²) in [6, 6.07) is 1.79. The molecule has 4 heteroatoms. The van der Waals surface area contributed by atoms with E-state index in [9.17, 15) is 0 Å². The van der Waals surface area contributed by atoms with Crippen LogP contribution >= 0.6 is 15.9 Å². The molecular weight excluding hydrogens is 196 g/mol. The van der Waals surface area contributed by atoms with Gasteiger partial charge in [-0.05, 0) is 22.0 Å². The van der Waals surface area contributed by atoms with Crippen LogP contribution in [0.3, 0.4) is 0 Å². The van der Waals surface area contributed by atoms with E-state index in [2.05, 4.69) is 15.9 Å². The number of hydrogen-bond acceptors (Lipinski definition) is 2. The Kier molecular flexibility index (Phi) is 2.11. The van der Waals surface area contributed by atoms with Crippen molar-refractivity contribution in [2.45, 2.75) is 6.42 Å². The van der Waals surface area contributed by atoms with Crippen LogP contribution in [0.5, 0.6) is 0 Å². The predicted octanol–water partition coefficient (Wildman–Crippen LogP) is 1.52. The summed E-state index contributed by atoms with van der Waals surface area (Å²) >= 11 is 3.22. The lowest BCUT2D eigenvalue weighted by Crippen LogP contribution is -2.11. The van der Waals surface area contributed by atoms with Gasteiger partial charge in [0.2, 0.25) is 0 Å². The first kappa shape index (κ1) is 7.34. The number of rotatable bonds is 2. The van der Waals surface area contributed by atoms with Crippen molar-refractivity contribution in [3.63, 3.8) is 0 Å². The van der Waals surface area contributed by atoms with Crippen molar-refractivity contribution in [3.05, 3.63) is 22.6 Å². The molecule has 0 bridgehead atoms. The lowest BCUT2D eigenvalue weighted by atomic mass is 10.3. The maximum atomic E-state index is 6.94. The second kappa shape index (κ2) is 2.88. The summed E-state index contributed by atoms with van der Waals surface area (Å²) in [5.41, 5.74) is 5.14. The smallest absolute Gasteiger partial charge is 0.112 e. The fourth-order valence-corrected chi connectivity index (χ4v) is 0.983. The van der Waals surface area contributed by atoms with E-state index in [1.807, 2.05) is 0 Å². The Morgan fingerprint density at radius 2 is 2.50 bits per heavy atom. The summed E-state index contributed by atoms with van der Waals surface area (Å²) in [7, 11) is 0. The van der Waals surface area contributed by atoms with Crippen LogP contribution < -0.4 is 5.73 Å². The van der Waals surface area contributed by atoms with Gasteiger partial charge < -0.3 is 10.2 Å². The number of furan rings is 1. The van der Waals surface area contributed by atoms with Crippen LogP contribution in [0.15, 0.2) is 21.2 Å². The normalized spacial score (nSPS) is 9.70. The number of hydrogen-bond donors (Lipinski definition) is 2. The van der Waals surface area contributed by atoms with Gasteiger partial charge in [0, 0.05) is 0 Å². The third-order valence-electron chi connectivity index (χ3n) is 0.986. The summed E-state index contributed by atoms with van der Waals surface area (Å²) in [5.74, 6) is 0.821. The second-order valence-corrected chi connectivity index (χ2v) is 2.85. The molecule has 1 rings (SSSR count). The highest BCUT2D eigenvalue weighted by Gasteiger charge is 1.99. The Bertz CT molecular complexity index is 244. The molecule has 1 aromatic heterocycles. The number of nitrogens with two attached hydrogens (primary N) is 1. The van der Waals surface area contributed by atoms with Crippen molar-refractivity contribution in [3.8, 4) is 0 Å². The highest BCUT2D eigenvalue weighted by molar-refractivity contribution is 9.10. The molecule has 0 saturated heterocycles. The van der Waals surface area contributed by atoms with E-state index in [1.165, 1.54) is 0 Å². The summed E-state index contributed by atoms with van der Waals surface area (Å²) in [4.78, 5) is 0. The number of nitrogens with one attached hydrogen (secondary N) is 1. The largest absolute Gasteiger partial charge is 0.468 e. The van der Waals surface area contributed by atoms with Crippen molar-refractivity contribution in [1.82, 2.24) is 0 Å². The van der Waals surface area contributed by atoms with Crippen molar-refractivity contribution >= 4 is 21.8 Å². The molecule has 0 atom stereocenters. The summed E-state index contributed by atoms with van der Waals surface area (Å²) in [6.45, 7) is 0. The standard InChI is InChI=1S/C6H7BrN2O/c7-4-1-5(10-3-4)2-6(8)9/h1,3H,2H2,(H3,8,9). The van der Waals surface area contributed by atoms with Crippen LogP contribution in [0, 0.1) is 5.41 Å². The predicted molar refractivity (Wildman–Crippen MR) is 42.0 cm³/mol. The SMILES string of the molecule is N=C(N)Cc1cc(Br)co1. The monoisotopic (exact) mass is 202 g/mol. The molecule has 0 unspecified atom stereocenters. The molecule has 0 aliphatic carbocycles. The van der Waals surface area contributed by atoms with Gasteiger partial charge in [0.05, 0.1) is 16.7 Å². The Balaban J connectivity index is 2.67. The highest BCUT2D eigenvalue weighted by atomic mass is 79.9. The lowest BCUT2D eigenvalue weighted by Gasteiger charge is -1.89. The first-order valence-corrected chi connectivity index (χ1v) is 3.53. The molecule has 0 aliphatic heterocycles. The molecule has 3 N–H and O–H groups in total. The third kappa shape index (κ3) is 1.88. The van der Waals surface area contributed by atoms with Gasteiger partial charge in [-0.2, -0.15) is 0 Å². The molecule has 3 nitrogen and oxygen atoms in total. The van der Waals surface area contributed by atoms with Gasteiger partial charge in [-0.15, -0.1) is 0 Å². The summed E-state index contributed by atoms with van der Waals surface area (Å²) in [5, 5.41) is 6.94. The van der Waals surface area contributed by atoms with E-state index in [0.29, 0.717) is 12.2 Å². The van der Waals surface area contributed by atoms with Crippen LogP contribution in [0.2, 0.25) is 0 Å². The molecule has 54 valence electrons. The molecule has 1 aromatic rings. The average molecular weight is 203 g/mol. The van der Waals surface area contributed by atoms with Crippen LogP contribution in [0.1, 0.15) is 5.76 Å². The molecule has 0 radical (unpaired) electrons. The minimum absolute atomic E-state index is 0.113. The Morgan fingerprint density at radius 3 is 2.90 bits per heavy atom. The minimum atomic E-state index is 0.113. The Labute approximate surface area is 66.8 Å². The van der Waals surface area contributed by atoms with Gasteiger partial charge in [0.15, 0.2) is 0 Å². The summed E-state index contributed by atoms with van der Waals surface area (Å²) < 4.78 is 5.89. The molecule has 0 fully saturated rings. The zero-order valence-electron chi connectivity index (χ0n) is 5.23. The zero-order valence-corrected chi connectivity index (χ0v) is 6.81. The molecule has 0 spiro atoms. The molecule has 10 heavy (non-hydrogen) atoms. The molecule has 0 aliphatic rings. The van der Waals surface area contributed by atoms with E-state index >= 15 is 0 Å². The van der Waals surface area contributed by atoms with Gasteiger partial charge in [-0.25, -0.2) is 0 Å². The topological polar surface area (TPSA) is 63.0 Å². The van der Waals surface area contributed by atoms with Crippen LogP contribution in [0.4, 0.5) is 0 Å². The maximum Gasteiger partial charge on any atom is 0.112 e. The van der Waals surface area contributed by atoms with Crippen molar-refractivity contribution < 1.29 is 4.42 Å². The zero-order chi connectivity index (χ0) is 7.56. The third-order valence-corrected chi connectivity index (χ3v) is 1.40. The van der Waals surface area contributed by atoms with Gasteiger partial charge in [0.25, 0.3) is 0 Å². The van der Waals surface area contributed by atoms with E-state index in [0.717, 1.165) is 4.47 Å². The van der Waals surface area contributed by atoms with Gasteiger partial charge in [-0.3, -0.25) is 5.41 Å².